The Balaban J connectivity index is 1.55. The molecular weight excluding hydrogens is 324 g/mol. The van der Waals surface area contributed by atoms with Gasteiger partial charge in [-0.2, -0.15) is 4.98 Å². The van der Waals surface area contributed by atoms with Crippen LogP contribution in [0.2, 0.25) is 0 Å². The normalized spacial score (nSPS) is 10.4. The molecule has 0 aliphatic heterocycles. The molecule has 0 saturated heterocycles. The van der Waals surface area contributed by atoms with Crippen LogP contribution in [0.15, 0.2) is 60.8 Å². The van der Waals surface area contributed by atoms with Crippen LogP contribution in [-0.4, -0.2) is 23.6 Å². The summed E-state index contributed by atoms with van der Waals surface area (Å²) in [5, 5.41) is 6.63. The lowest BCUT2D eigenvalue weighted by Gasteiger charge is -2.11. The van der Waals surface area contributed by atoms with Gasteiger partial charge in [0.05, 0.1) is 7.11 Å². The van der Waals surface area contributed by atoms with Gasteiger partial charge in [-0.1, -0.05) is 42.5 Å². The van der Waals surface area contributed by atoms with Crippen molar-refractivity contribution in [1.82, 2.24) is 9.97 Å². The van der Waals surface area contributed by atoms with Crippen LogP contribution in [0.1, 0.15) is 16.7 Å². The van der Waals surface area contributed by atoms with Crippen LogP contribution in [0.4, 0.5) is 11.8 Å². The molecule has 2 N–H and O–H groups in total. The van der Waals surface area contributed by atoms with E-state index < -0.39 is 0 Å². The van der Waals surface area contributed by atoms with Gasteiger partial charge in [-0.3, -0.25) is 0 Å². The van der Waals surface area contributed by atoms with Gasteiger partial charge in [-0.05, 0) is 42.2 Å². The third kappa shape index (κ3) is 4.72. The highest BCUT2D eigenvalue weighted by Crippen LogP contribution is 2.18. The number of hydrogen-bond acceptors (Lipinski definition) is 5. The molecule has 0 spiro atoms. The van der Waals surface area contributed by atoms with Gasteiger partial charge in [0.1, 0.15) is 11.6 Å². The summed E-state index contributed by atoms with van der Waals surface area (Å²) in [6, 6.07) is 18.2. The fourth-order valence-corrected chi connectivity index (χ4v) is 2.76. The van der Waals surface area contributed by atoms with Crippen molar-refractivity contribution in [2.45, 2.75) is 19.9 Å². The minimum atomic E-state index is 0.621. The van der Waals surface area contributed by atoms with E-state index in [0.29, 0.717) is 12.5 Å². The quantitative estimate of drug-likeness (QED) is 0.643. The van der Waals surface area contributed by atoms with Gasteiger partial charge >= 0.3 is 0 Å². The van der Waals surface area contributed by atoms with E-state index in [1.165, 1.54) is 16.7 Å². The van der Waals surface area contributed by atoms with Gasteiger partial charge in [-0.25, -0.2) is 4.98 Å². The summed E-state index contributed by atoms with van der Waals surface area (Å²) in [5.74, 6) is 2.34. The van der Waals surface area contributed by atoms with E-state index in [2.05, 4.69) is 45.7 Å². The second-order valence-corrected chi connectivity index (χ2v) is 6.03. The highest BCUT2D eigenvalue weighted by molar-refractivity contribution is 5.41. The predicted molar refractivity (Wildman–Crippen MR) is 106 cm³/mol. The number of nitrogens with zero attached hydrogens (tertiary/aromatic N) is 2. The smallest absolute Gasteiger partial charge is 0.224 e. The minimum absolute atomic E-state index is 0.621. The first kappa shape index (κ1) is 17.7. The van der Waals surface area contributed by atoms with Crippen molar-refractivity contribution in [3.05, 3.63) is 77.5 Å². The highest BCUT2D eigenvalue weighted by Gasteiger charge is 2.03. The van der Waals surface area contributed by atoms with E-state index in [-0.39, 0.29) is 0 Å². The first-order valence-corrected chi connectivity index (χ1v) is 8.73. The molecule has 0 bridgehead atoms. The maximum absolute atomic E-state index is 5.39. The zero-order valence-electron chi connectivity index (χ0n) is 15.2. The molecule has 5 heteroatoms. The molecule has 1 heterocycles. The fraction of sp³-hybridized carbons (Fsp3) is 0.238. The average molecular weight is 348 g/mol. The maximum atomic E-state index is 5.39. The summed E-state index contributed by atoms with van der Waals surface area (Å²) < 4.78 is 5.39. The molecule has 0 atom stereocenters. The molecular formula is C21H24N4O. The lowest BCUT2D eigenvalue weighted by Crippen LogP contribution is -2.10. The van der Waals surface area contributed by atoms with Crippen molar-refractivity contribution >= 4 is 11.8 Å². The molecule has 0 unspecified atom stereocenters. The first-order chi connectivity index (χ1) is 12.8. The predicted octanol–water partition coefficient (Wildman–Crippen LogP) is 4.06. The summed E-state index contributed by atoms with van der Waals surface area (Å²) in [6.07, 6.45) is 2.62. The van der Waals surface area contributed by atoms with Crippen molar-refractivity contribution < 1.29 is 4.74 Å². The first-order valence-electron chi connectivity index (χ1n) is 8.73. The fourth-order valence-electron chi connectivity index (χ4n) is 2.76. The van der Waals surface area contributed by atoms with Crippen LogP contribution in [0.5, 0.6) is 5.75 Å². The molecule has 0 aliphatic carbocycles. The Morgan fingerprint density at radius 3 is 2.50 bits per heavy atom. The number of ether oxygens (including phenoxy) is 1. The highest BCUT2D eigenvalue weighted by atomic mass is 16.5. The number of para-hydroxylation sites is 1. The topological polar surface area (TPSA) is 59.1 Å². The van der Waals surface area contributed by atoms with E-state index in [0.717, 1.165) is 24.5 Å². The van der Waals surface area contributed by atoms with Crippen LogP contribution in [0, 0.1) is 6.92 Å². The number of rotatable bonds is 8. The zero-order valence-corrected chi connectivity index (χ0v) is 15.2. The van der Waals surface area contributed by atoms with Crippen LogP contribution < -0.4 is 15.4 Å². The van der Waals surface area contributed by atoms with Gasteiger partial charge in [0.2, 0.25) is 5.95 Å². The minimum Gasteiger partial charge on any atom is -0.496 e. The Bertz CT molecular complexity index is 851. The van der Waals surface area contributed by atoms with Crippen LogP contribution in [0.3, 0.4) is 0 Å². The molecule has 0 fully saturated rings. The van der Waals surface area contributed by atoms with Crippen LogP contribution >= 0.6 is 0 Å². The molecule has 134 valence electrons. The van der Waals surface area contributed by atoms with E-state index in [1.807, 2.05) is 36.4 Å². The van der Waals surface area contributed by atoms with E-state index in [1.54, 1.807) is 13.3 Å². The Labute approximate surface area is 154 Å². The zero-order chi connectivity index (χ0) is 18.2. The molecule has 3 aromatic rings. The van der Waals surface area contributed by atoms with E-state index in [9.17, 15) is 0 Å². The largest absolute Gasteiger partial charge is 0.496 e. The van der Waals surface area contributed by atoms with Gasteiger partial charge in [0.25, 0.3) is 0 Å². The van der Waals surface area contributed by atoms with E-state index in [4.69, 9.17) is 4.74 Å². The lowest BCUT2D eigenvalue weighted by atomic mass is 10.1. The second-order valence-electron chi connectivity index (χ2n) is 6.03. The second kappa shape index (κ2) is 8.85. The standard InChI is InChI=1S/C21H24N4O/c1-16-7-3-4-9-18(16)15-24-21-23-14-12-20(25-21)22-13-11-17-8-5-6-10-19(17)26-2/h3-10,12,14H,11,13,15H2,1-2H3,(H2,22,23,24,25). The number of aromatic nitrogens is 2. The van der Waals surface area contributed by atoms with Crippen molar-refractivity contribution in [2.24, 2.45) is 0 Å². The van der Waals surface area contributed by atoms with Crippen molar-refractivity contribution in [1.29, 1.82) is 0 Å². The molecule has 0 aliphatic rings. The Kier molecular flexibility index (Phi) is 6.04. The summed E-state index contributed by atoms with van der Waals surface area (Å²) in [6.45, 7) is 3.58. The average Bonchev–Trinajstić information content (AvgIpc) is 2.68. The maximum Gasteiger partial charge on any atom is 0.224 e. The number of hydrogen-bond donors (Lipinski definition) is 2. The lowest BCUT2D eigenvalue weighted by molar-refractivity contribution is 0.410. The van der Waals surface area contributed by atoms with Crippen molar-refractivity contribution in [3.63, 3.8) is 0 Å². The Hall–Kier alpha value is -3.08. The molecule has 1 aromatic heterocycles. The molecule has 0 amide bonds. The number of aryl methyl sites for hydroxylation is 1. The monoisotopic (exact) mass is 348 g/mol. The molecule has 2 aromatic carbocycles. The summed E-state index contributed by atoms with van der Waals surface area (Å²) in [4.78, 5) is 8.82. The SMILES string of the molecule is COc1ccccc1CCNc1ccnc(NCc2ccccc2C)n1. The summed E-state index contributed by atoms with van der Waals surface area (Å²) >= 11 is 0. The van der Waals surface area contributed by atoms with E-state index >= 15 is 0 Å². The van der Waals surface area contributed by atoms with Gasteiger partial charge < -0.3 is 15.4 Å². The molecule has 3 rings (SSSR count). The number of benzene rings is 2. The molecule has 0 radical (unpaired) electrons. The summed E-state index contributed by atoms with van der Waals surface area (Å²) in [7, 11) is 1.70. The van der Waals surface area contributed by atoms with Crippen LogP contribution in [0.25, 0.3) is 0 Å². The molecule has 0 saturated carbocycles. The third-order valence-corrected chi connectivity index (χ3v) is 4.25. The van der Waals surface area contributed by atoms with Crippen molar-refractivity contribution in [2.75, 3.05) is 24.3 Å². The number of methoxy groups -OCH3 is 1. The summed E-state index contributed by atoms with van der Waals surface area (Å²) in [5.41, 5.74) is 3.67. The number of nitrogens with one attached hydrogen (secondary N) is 2. The molecule has 5 nitrogen and oxygen atoms in total. The van der Waals surface area contributed by atoms with Gasteiger partial charge in [0, 0.05) is 19.3 Å². The van der Waals surface area contributed by atoms with Gasteiger partial charge in [-0.15, -0.1) is 0 Å². The molecule has 26 heavy (non-hydrogen) atoms. The van der Waals surface area contributed by atoms with Crippen molar-refractivity contribution in [3.8, 4) is 5.75 Å². The Morgan fingerprint density at radius 1 is 0.923 bits per heavy atom. The number of anilines is 2. The third-order valence-electron chi connectivity index (χ3n) is 4.25. The Morgan fingerprint density at radius 2 is 1.69 bits per heavy atom. The van der Waals surface area contributed by atoms with Crippen LogP contribution in [-0.2, 0) is 13.0 Å². The van der Waals surface area contributed by atoms with Gasteiger partial charge in [0.15, 0.2) is 0 Å².